The van der Waals surface area contributed by atoms with Gasteiger partial charge in [0.05, 0.1) is 17.2 Å². The summed E-state index contributed by atoms with van der Waals surface area (Å²) in [4.78, 5) is 21.6. The largest absolute Gasteiger partial charge is 0.352 e. The first-order chi connectivity index (χ1) is 12.4. The topological polar surface area (TPSA) is 78.4 Å². The summed E-state index contributed by atoms with van der Waals surface area (Å²) in [5.74, 6) is 0.735. The molecular weight excluding hydrogens is 346 g/mol. The van der Waals surface area contributed by atoms with E-state index in [9.17, 15) is 4.79 Å². The molecule has 1 aromatic carbocycles. The Morgan fingerprint density at radius 2 is 1.81 bits per heavy atom. The molecule has 6 nitrogen and oxygen atoms in total. The number of aliphatic imine (C=N–C) groups is 1. The molecule has 0 unspecified atom stereocenters. The zero-order valence-electron chi connectivity index (χ0n) is 16.0. The quantitative estimate of drug-likeness (QED) is 0.537. The average Bonchev–Trinajstić information content (AvgIpc) is 2.93. The molecular formula is C19H27N5OS. The fraction of sp³-hybridized carbons (Fsp3) is 0.421. The summed E-state index contributed by atoms with van der Waals surface area (Å²) >= 11 is 1.70. The number of carbonyl (C=O) groups is 1. The number of aromatic nitrogens is 1. The van der Waals surface area contributed by atoms with E-state index in [1.54, 1.807) is 18.4 Å². The van der Waals surface area contributed by atoms with Crippen LogP contribution in [0.4, 0.5) is 5.69 Å². The van der Waals surface area contributed by atoms with Crippen LogP contribution in [0.2, 0.25) is 0 Å². The summed E-state index contributed by atoms with van der Waals surface area (Å²) in [6, 6.07) is 7.81. The van der Waals surface area contributed by atoms with Gasteiger partial charge in [-0.3, -0.25) is 9.79 Å². The highest BCUT2D eigenvalue weighted by molar-refractivity contribution is 7.11. The third-order valence-corrected chi connectivity index (χ3v) is 4.92. The molecule has 0 bridgehead atoms. The van der Waals surface area contributed by atoms with Crippen LogP contribution < -0.4 is 16.0 Å². The summed E-state index contributed by atoms with van der Waals surface area (Å²) in [6.45, 7) is 9.15. The van der Waals surface area contributed by atoms with Crippen molar-refractivity contribution in [1.29, 1.82) is 0 Å². The molecule has 140 valence electrons. The second-order valence-electron chi connectivity index (χ2n) is 6.36. The van der Waals surface area contributed by atoms with Crippen LogP contribution in [0.1, 0.15) is 35.0 Å². The highest BCUT2D eigenvalue weighted by Crippen LogP contribution is 2.16. The van der Waals surface area contributed by atoms with Gasteiger partial charge in [-0.25, -0.2) is 4.98 Å². The monoisotopic (exact) mass is 373 g/mol. The van der Waals surface area contributed by atoms with E-state index in [0.29, 0.717) is 13.1 Å². The normalized spacial score (nSPS) is 11.5. The van der Waals surface area contributed by atoms with Crippen molar-refractivity contribution in [1.82, 2.24) is 15.6 Å². The lowest BCUT2D eigenvalue weighted by molar-refractivity contribution is -0.118. The van der Waals surface area contributed by atoms with E-state index in [-0.39, 0.29) is 11.8 Å². The maximum absolute atomic E-state index is 11.7. The predicted octanol–water partition coefficient (Wildman–Crippen LogP) is 3.22. The lowest BCUT2D eigenvalue weighted by Gasteiger charge is -2.12. The van der Waals surface area contributed by atoms with Gasteiger partial charge >= 0.3 is 0 Å². The molecule has 1 amide bonds. The Bertz CT molecular complexity index is 765. The molecule has 1 aromatic heterocycles. The second kappa shape index (κ2) is 9.33. The Hall–Kier alpha value is -2.41. The Morgan fingerprint density at radius 3 is 2.35 bits per heavy atom. The third-order valence-electron chi connectivity index (χ3n) is 3.85. The minimum absolute atomic E-state index is 0.0223. The Labute approximate surface area is 159 Å². The van der Waals surface area contributed by atoms with Crippen molar-refractivity contribution in [3.05, 3.63) is 45.4 Å². The lowest BCUT2D eigenvalue weighted by atomic mass is 10.1. The van der Waals surface area contributed by atoms with E-state index in [0.717, 1.165) is 27.9 Å². The number of aryl methyl sites for hydroxylation is 2. The number of amides is 1. The highest BCUT2D eigenvalue weighted by Gasteiger charge is 2.08. The summed E-state index contributed by atoms with van der Waals surface area (Å²) in [5.41, 5.74) is 2.99. The molecule has 0 atom stereocenters. The van der Waals surface area contributed by atoms with E-state index in [1.807, 2.05) is 52.0 Å². The Kier molecular flexibility index (Phi) is 7.15. The fourth-order valence-corrected chi connectivity index (χ4v) is 3.18. The number of carbonyl (C=O) groups excluding carboxylic acids is 1. The minimum atomic E-state index is -0.0308. The van der Waals surface area contributed by atoms with E-state index in [2.05, 4.69) is 25.9 Å². The van der Waals surface area contributed by atoms with Crippen LogP contribution in [-0.4, -0.2) is 23.9 Å². The summed E-state index contributed by atoms with van der Waals surface area (Å²) < 4.78 is 0. The molecule has 3 N–H and O–H groups in total. The van der Waals surface area contributed by atoms with Gasteiger partial charge in [-0.2, -0.15) is 0 Å². The zero-order chi connectivity index (χ0) is 19.1. The van der Waals surface area contributed by atoms with E-state index in [4.69, 9.17) is 0 Å². The molecule has 0 aliphatic rings. The van der Waals surface area contributed by atoms with E-state index in [1.165, 1.54) is 4.88 Å². The number of anilines is 1. The maximum Gasteiger partial charge on any atom is 0.226 e. The predicted molar refractivity (Wildman–Crippen MR) is 109 cm³/mol. The average molecular weight is 374 g/mol. The van der Waals surface area contributed by atoms with Gasteiger partial charge in [-0.15, -0.1) is 11.3 Å². The number of nitrogens with one attached hydrogen (secondary N) is 3. The molecule has 0 saturated carbocycles. The standard InChI is InChI=1S/C19H27N5OS/c1-12(2)18(25)24-16-8-6-15(7-9-16)10-21-19(20-5)22-11-17-13(3)23-14(4)26-17/h6-9,12H,10-11H2,1-5H3,(H,24,25)(H2,20,21,22). The number of guanidine groups is 1. The molecule has 0 aliphatic carbocycles. The number of thiazole rings is 1. The molecule has 7 heteroatoms. The molecule has 1 heterocycles. The zero-order valence-corrected chi connectivity index (χ0v) is 16.8. The summed E-state index contributed by atoms with van der Waals surface area (Å²) in [5, 5.41) is 10.6. The van der Waals surface area contributed by atoms with Crippen molar-refractivity contribution in [2.75, 3.05) is 12.4 Å². The van der Waals surface area contributed by atoms with Gasteiger partial charge in [0.2, 0.25) is 5.91 Å². The molecule has 2 rings (SSSR count). The molecule has 0 saturated heterocycles. The van der Waals surface area contributed by atoms with Gasteiger partial charge in [0.1, 0.15) is 0 Å². The number of hydrogen-bond acceptors (Lipinski definition) is 4. The van der Waals surface area contributed by atoms with Crippen molar-refractivity contribution < 1.29 is 4.79 Å². The van der Waals surface area contributed by atoms with Crippen molar-refractivity contribution in [2.45, 2.75) is 40.8 Å². The molecule has 0 fully saturated rings. The van der Waals surface area contributed by atoms with E-state index < -0.39 is 0 Å². The van der Waals surface area contributed by atoms with Crippen LogP contribution in [0.5, 0.6) is 0 Å². The van der Waals surface area contributed by atoms with Crippen LogP contribution in [0.25, 0.3) is 0 Å². The smallest absolute Gasteiger partial charge is 0.226 e. The first-order valence-corrected chi connectivity index (χ1v) is 9.48. The van der Waals surface area contributed by atoms with Crippen molar-refractivity contribution in [3.8, 4) is 0 Å². The SMILES string of the molecule is CN=C(NCc1ccc(NC(=O)C(C)C)cc1)NCc1sc(C)nc1C. The number of rotatable bonds is 6. The third kappa shape index (κ3) is 5.84. The van der Waals surface area contributed by atoms with Gasteiger partial charge in [-0.05, 0) is 31.5 Å². The molecule has 0 radical (unpaired) electrons. The van der Waals surface area contributed by atoms with Crippen LogP contribution in [0.15, 0.2) is 29.3 Å². The van der Waals surface area contributed by atoms with Crippen molar-refractivity contribution in [3.63, 3.8) is 0 Å². The lowest BCUT2D eigenvalue weighted by Crippen LogP contribution is -2.36. The molecule has 0 aliphatic heterocycles. The van der Waals surface area contributed by atoms with Gasteiger partial charge in [-0.1, -0.05) is 26.0 Å². The van der Waals surface area contributed by atoms with Crippen LogP contribution in [-0.2, 0) is 17.9 Å². The fourth-order valence-electron chi connectivity index (χ4n) is 2.30. The number of benzene rings is 1. The Balaban J connectivity index is 1.84. The maximum atomic E-state index is 11.7. The van der Waals surface area contributed by atoms with Crippen LogP contribution >= 0.6 is 11.3 Å². The van der Waals surface area contributed by atoms with Crippen molar-refractivity contribution >= 4 is 28.9 Å². The first-order valence-electron chi connectivity index (χ1n) is 8.66. The number of nitrogens with zero attached hydrogens (tertiary/aromatic N) is 2. The van der Waals surface area contributed by atoms with Gasteiger partial charge in [0.25, 0.3) is 0 Å². The highest BCUT2D eigenvalue weighted by atomic mass is 32.1. The van der Waals surface area contributed by atoms with Crippen LogP contribution in [0, 0.1) is 19.8 Å². The minimum Gasteiger partial charge on any atom is -0.352 e. The summed E-state index contributed by atoms with van der Waals surface area (Å²) in [6.07, 6.45) is 0. The number of hydrogen-bond donors (Lipinski definition) is 3. The van der Waals surface area contributed by atoms with Crippen LogP contribution in [0.3, 0.4) is 0 Å². The van der Waals surface area contributed by atoms with Gasteiger partial charge < -0.3 is 16.0 Å². The molecule has 2 aromatic rings. The van der Waals surface area contributed by atoms with Crippen molar-refractivity contribution in [2.24, 2.45) is 10.9 Å². The van der Waals surface area contributed by atoms with Gasteiger partial charge in [0.15, 0.2) is 5.96 Å². The molecule has 26 heavy (non-hydrogen) atoms. The second-order valence-corrected chi connectivity index (χ2v) is 7.65. The van der Waals surface area contributed by atoms with Gasteiger partial charge in [0, 0.05) is 30.1 Å². The first kappa shape index (κ1) is 19.9. The molecule has 0 spiro atoms. The van der Waals surface area contributed by atoms with E-state index >= 15 is 0 Å². The Morgan fingerprint density at radius 1 is 1.15 bits per heavy atom. The summed E-state index contributed by atoms with van der Waals surface area (Å²) in [7, 11) is 1.75.